The van der Waals surface area contributed by atoms with Gasteiger partial charge in [-0.25, -0.2) is 20.0 Å². The summed E-state index contributed by atoms with van der Waals surface area (Å²) in [5.74, 6) is -2.87. The summed E-state index contributed by atoms with van der Waals surface area (Å²) in [7, 11) is 0. The predicted molar refractivity (Wildman–Crippen MR) is 207 cm³/mol. The monoisotopic (exact) mass is 866 g/mol. The molecule has 0 bridgehead atoms. The van der Waals surface area contributed by atoms with Crippen molar-refractivity contribution in [2.75, 3.05) is 19.7 Å². The highest BCUT2D eigenvalue weighted by Crippen LogP contribution is 2.37. The normalized spacial score (nSPS) is 40.4. The second kappa shape index (κ2) is 20.6. The van der Waals surface area contributed by atoms with E-state index in [4.69, 9.17) is 96.9 Å². The largest absolute Gasteiger partial charge is 0.394 e. The van der Waals surface area contributed by atoms with Crippen molar-refractivity contribution >= 4 is 35.8 Å². The minimum absolute atomic E-state index is 0.220. The van der Waals surface area contributed by atoms with Gasteiger partial charge in [0.2, 0.25) is 0 Å². The molecule has 4 rings (SSSR count). The van der Waals surface area contributed by atoms with Crippen LogP contribution >= 0.6 is 0 Å². The number of aliphatic hydroxyl groups excluding tert-OH is 7. The van der Waals surface area contributed by atoms with E-state index < -0.39 is 153 Å². The van der Waals surface area contributed by atoms with E-state index in [2.05, 4.69) is 30.3 Å². The third-order valence-electron chi connectivity index (χ3n) is 9.77. The van der Waals surface area contributed by atoms with Crippen molar-refractivity contribution in [2.24, 2.45) is 88.0 Å². The van der Waals surface area contributed by atoms with Crippen molar-refractivity contribution in [2.45, 2.75) is 123 Å². The second-order valence-electron chi connectivity index (χ2n) is 14.2. The minimum atomic E-state index is -1.87. The van der Waals surface area contributed by atoms with Gasteiger partial charge in [0, 0.05) is 6.54 Å². The van der Waals surface area contributed by atoms with Crippen LogP contribution in [0.2, 0.25) is 0 Å². The molecule has 1 saturated carbocycles. The maximum Gasteiger partial charge on any atom is 0.187 e. The summed E-state index contributed by atoms with van der Waals surface area (Å²) in [4.78, 5) is 20.0. The first kappa shape index (κ1) is 47.8. The molecule has 0 radical (unpaired) electrons. The van der Waals surface area contributed by atoms with E-state index in [1.165, 1.54) is 0 Å². The highest BCUT2D eigenvalue weighted by molar-refractivity contribution is 5.77. The van der Waals surface area contributed by atoms with Crippen LogP contribution in [-0.4, -0.2) is 207 Å². The number of nitrogens with two attached hydrogens (primary N) is 11. The number of nitrogens with zero attached hydrogens (tertiary/aromatic N) is 5. The molecular weight excluding hydrogens is 808 g/mol. The second-order valence-corrected chi connectivity index (χ2v) is 14.2. The molecule has 19 atom stereocenters. The van der Waals surface area contributed by atoms with Gasteiger partial charge in [0.15, 0.2) is 54.6 Å². The molecular formula is C29H58N18O13. The third-order valence-corrected chi connectivity index (χ3v) is 9.77. The number of rotatable bonds is 15. The molecule has 0 aromatic rings. The van der Waals surface area contributed by atoms with Crippen molar-refractivity contribution in [1.29, 1.82) is 5.41 Å². The molecule has 0 aromatic heterocycles. The first-order chi connectivity index (χ1) is 28.1. The summed E-state index contributed by atoms with van der Waals surface area (Å²) in [6, 6.07) is -5.49. The molecule has 0 amide bonds. The van der Waals surface area contributed by atoms with E-state index in [-0.39, 0.29) is 25.5 Å². The van der Waals surface area contributed by atoms with Gasteiger partial charge >= 0.3 is 0 Å². The Hall–Kier alpha value is -4.90. The Morgan fingerprint density at radius 1 is 0.533 bits per heavy atom. The number of hydrogen-bond acceptors (Lipinski definition) is 19. The first-order valence-electron chi connectivity index (χ1n) is 18.2. The average Bonchev–Trinajstić information content (AvgIpc) is 3.44. The molecule has 0 spiro atoms. The zero-order valence-corrected chi connectivity index (χ0v) is 32.0. The standard InChI is InChI=1S/C29H58N18O13/c30-24(31)42-2-7-13(50)15(52)10(46-28(38)39)21(55-7)58-18-6(45-27(36)37)1-5(44-26(34)35)12(49)20(18)60-23-17(54)19(9(4-48)57-23)59-22-11(47-29(40)41)16(53)14(51)8(56-22)3-43-25(32)33/h5-23,48-54H,1-4H2,(H4,30,31,42)(H4,32,33,43)(H4,34,35,44)(H4,36,37,45)(H4,38,39,46)(H4,40,41,47). The maximum atomic E-state index is 11.8. The van der Waals surface area contributed by atoms with E-state index in [0.717, 1.165) is 0 Å². The Balaban J connectivity index is 1.72. The SMILES string of the molecule is N=C(N)NCC1OC(OC2C(CO)OC(OC3C(O)C(N=C(N)N)CC(N=C(N)N)C3OC3OC(CN=C(N)N)C(O)C(O)C3N=C(N)N)C2O)C(N=C(N)N)C(O)C1O. The van der Waals surface area contributed by atoms with Crippen LogP contribution in [0.15, 0.2) is 25.0 Å². The van der Waals surface area contributed by atoms with E-state index in [0.29, 0.717) is 0 Å². The average molecular weight is 867 g/mol. The van der Waals surface area contributed by atoms with Gasteiger partial charge in [0.25, 0.3) is 0 Å². The third kappa shape index (κ3) is 11.7. The lowest BCUT2D eigenvalue weighted by Crippen LogP contribution is -2.64. The topological polar surface area (TPSA) is 581 Å². The van der Waals surface area contributed by atoms with E-state index in [9.17, 15) is 35.7 Å². The van der Waals surface area contributed by atoms with Crippen molar-refractivity contribution in [3.63, 3.8) is 0 Å². The van der Waals surface area contributed by atoms with Gasteiger partial charge in [0.1, 0.15) is 85.3 Å². The fourth-order valence-electron chi connectivity index (χ4n) is 7.12. The summed E-state index contributed by atoms with van der Waals surface area (Å²) in [6.07, 6.45) is -24.6. The quantitative estimate of drug-likeness (QED) is 0.0537. The smallest absolute Gasteiger partial charge is 0.187 e. The Bertz CT molecular complexity index is 1590. The molecule has 3 saturated heterocycles. The van der Waals surface area contributed by atoms with Gasteiger partial charge in [-0.3, -0.25) is 10.4 Å². The molecule has 19 unspecified atom stereocenters. The van der Waals surface area contributed by atoms with Crippen LogP contribution in [0.4, 0.5) is 0 Å². The lowest BCUT2D eigenvalue weighted by atomic mass is 9.83. The van der Waals surface area contributed by atoms with E-state index >= 15 is 0 Å². The minimum Gasteiger partial charge on any atom is -0.394 e. The van der Waals surface area contributed by atoms with Crippen LogP contribution in [0.5, 0.6) is 0 Å². The van der Waals surface area contributed by atoms with Crippen molar-refractivity contribution in [3.05, 3.63) is 0 Å². The summed E-state index contributed by atoms with van der Waals surface area (Å²) < 4.78 is 36.2. The lowest BCUT2D eigenvalue weighted by Gasteiger charge is -2.47. The predicted octanol–water partition coefficient (Wildman–Crippen LogP) is -12.8. The van der Waals surface area contributed by atoms with Gasteiger partial charge in [-0.05, 0) is 6.42 Å². The van der Waals surface area contributed by atoms with Crippen LogP contribution in [-0.2, 0) is 28.4 Å². The van der Waals surface area contributed by atoms with Crippen molar-refractivity contribution in [1.82, 2.24) is 5.32 Å². The Morgan fingerprint density at radius 2 is 1.00 bits per heavy atom. The molecule has 3 heterocycles. The number of nitrogens with one attached hydrogen (secondary N) is 2. The maximum absolute atomic E-state index is 11.8. The first-order valence-corrected chi connectivity index (χ1v) is 18.2. The van der Waals surface area contributed by atoms with Gasteiger partial charge in [0.05, 0.1) is 25.2 Å². The number of hydrogen-bond donors (Lipinski definition) is 20. The van der Waals surface area contributed by atoms with Gasteiger partial charge in [-0.1, -0.05) is 0 Å². The Kier molecular flexibility index (Phi) is 16.4. The van der Waals surface area contributed by atoms with E-state index in [1.807, 2.05) is 0 Å². The molecule has 4 aliphatic rings. The van der Waals surface area contributed by atoms with Crippen LogP contribution in [0.25, 0.3) is 0 Å². The molecule has 60 heavy (non-hydrogen) atoms. The molecule has 342 valence electrons. The van der Waals surface area contributed by atoms with Crippen LogP contribution in [0.3, 0.4) is 0 Å². The van der Waals surface area contributed by atoms with Crippen LogP contribution in [0.1, 0.15) is 6.42 Å². The van der Waals surface area contributed by atoms with Crippen LogP contribution < -0.4 is 68.4 Å². The number of aliphatic hydroxyl groups is 7. The summed E-state index contributed by atoms with van der Waals surface area (Å²) in [6.45, 7) is -1.50. The van der Waals surface area contributed by atoms with Crippen LogP contribution in [0, 0.1) is 5.41 Å². The molecule has 31 heteroatoms. The zero-order chi connectivity index (χ0) is 44.7. The highest BCUT2D eigenvalue weighted by atomic mass is 16.8. The molecule has 0 aromatic carbocycles. The van der Waals surface area contributed by atoms with Gasteiger partial charge in [-0.2, -0.15) is 0 Å². The fourth-order valence-corrected chi connectivity index (χ4v) is 7.12. The lowest BCUT2D eigenvalue weighted by molar-refractivity contribution is -0.306. The summed E-state index contributed by atoms with van der Waals surface area (Å²) in [5, 5.41) is 87.4. The highest BCUT2D eigenvalue weighted by Gasteiger charge is 2.56. The summed E-state index contributed by atoms with van der Waals surface area (Å²) >= 11 is 0. The number of ether oxygens (including phenoxy) is 6. The molecule has 3 aliphatic heterocycles. The molecule has 4 fully saturated rings. The van der Waals surface area contributed by atoms with Crippen molar-refractivity contribution < 1.29 is 64.2 Å². The van der Waals surface area contributed by atoms with E-state index in [1.54, 1.807) is 0 Å². The molecule has 31 N–H and O–H groups in total. The summed E-state index contributed by atoms with van der Waals surface area (Å²) in [5.41, 5.74) is 61.7. The molecule has 31 nitrogen and oxygen atoms in total. The van der Waals surface area contributed by atoms with Gasteiger partial charge < -0.3 is 133 Å². The number of guanidine groups is 6. The van der Waals surface area contributed by atoms with Crippen molar-refractivity contribution in [3.8, 4) is 0 Å². The zero-order valence-electron chi connectivity index (χ0n) is 32.0. The molecule has 1 aliphatic carbocycles. The Labute approximate surface area is 341 Å². The van der Waals surface area contributed by atoms with Gasteiger partial charge in [-0.15, -0.1) is 0 Å². The number of aliphatic imine (C=N–C) groups is 5. The fraction of sp³-hybridized carbons (Fsp3) is 0.793. The Morgan fingerprint density at radius 3 is 1.50 bits per heavy atom.